The Balaban J connectivity index is 2.08. The minimum Gasteiger partial charge on any atom is -0.345 e. The fourth-order valence-corrected chi connectivity index (χ4v) is 2.46. The molecule has 1 aliphatic rings. The molecule has 1 atom stereocenters. The van der Waals surface area contributed by atoms with Gasteiger partial charge in [0, 0.05) is 17.8 Å². The molecule has 1 aliphatic heterocycles. The van der Waals surface area contributed by atoms with E-state index >= 15 is 0 Å². The molecular weight excluding hydrogens is 224 g/mol. The third kappa shape index (κ3) is 2.41. The Morgan fingerprint density at radius 1 is 1.56 bits per heavy atom. The number of carbonyl (C=O) groups excluding carboxylic acids is 2. The van der Waals surface area contributed by atoms with Crippen LogP contribution in [0.3, 0.4) is 0 Å². The predicted octanol–water partition coefficient (Wildman–Crippen LogP) is 0.985. The van der Waals surface area contributed by atoms with E-state index in [9.17, 15) is 9.59 Å². The molecule has 0 saturated carbocycles. The quantitative estimate of drug-likeness (QED) is 0.835. The van der Waals surface area contributed by atoms with Crippen LogP contribution in [0, 0.1) is 0 Å². The minimum absolute atomic E-state index is 0.000694. The molecule has 1 aromatic rings. The third-order valence-electron chi connectivity index (χ3n) is 2.60. The standard InChI is InChI=1S/C11H14N2O2S/c1-8-11(15)13(5-4-10(14)12-8)7-9-3-2-6-16-9/h2-3,6,8H,4-5,7H2,1H3,(H,12,14). The average molecular weight is 238 g/mol. The first-order chi connectivity index (χ1) is 7.66. The second kappa shape index (κ2) is 4.65. The molecule has 4 nitrogen and oxygen atoms in total. The Hall–Kier alpha value is -1.36. The van der Waals surface area contributed by atoms with Crippen molar-refractivity contribution in [3.8, 4) is 0 Å². The number of hydrogen-bond donors (Lipinski definition) is 1. The summed E-state index contributed by atoms with van der Waals surface area (Å²) in [7, 11) is 0. The van der Waals surface area contributed by atoms with Crippen LogP contribution >= 0.6 is 11.3 Å². The molecule has 2 rings (SSSR count). The van der Waals surface area contributed by atoms with Gasteiger partial charge in [-0.05, 0) is 18.4 Å². The maximum absolute atomic E-state index is 11.9. The molecule has 5 heteroatoms. The van der Waals surface area contributed by atoms with Crippen molar-refractivity contribution in [2.24, 2.45) is 0 Å². The smallest absolute Gasteiger partial charge is 0.245 e. The molecule has 0 spiro atoms. The van der Waals surface area contributed by atoms with E-state index in [2.05, 4.69) is 5.32 Å². The number of hydrogen-bond acceptors (Lipinski definition) is 3. The molecule has 1 N–H and O–H groups in total. The second-order valence-corrected chi connectivity index (χ2v) is 4.91. The lowest BCUT2D eigenvalue weighted by atomic mass is 10.3. The Bertz CT molecular complexity index is 389. The predicted molar refractivity (Wildman–Crippen MR) is 62.0 cm³/mol. The number of nitrogens with one attached hydrogen (secondary N) is 1. The maximum atomic E-state index is 11.9. The summed E-state index contributed by atoms with van der Waals surface area (Å²) in [5.74, 6) is -0.0474. The van der Waals surface area contributed by atoms with E-state index in [0.717, 1.165) is 4.88 Å². The highest BCUT2D eigenvalue weighted by Gasteiger charge is 2.26. The average Bonchev–Trinajstić information content (AvgIpc) is 2.71. The lowest BCUT2D eigenvalue weighted by Crippen LogP contribution is -2.42. The topological polar surface area (TPSA) is 49.4 Å². The van der Waals surface area contributed by atoms with Crippen molar-refractivity contribution < 1.29 is 9.59 Å². The summed E-state index contributed by atoms with van der Waals surface area (Å²) in [5.41, 5.74) is 0. The van der Waals surface area contributed by atoms with E-state index in [-0.39, 0.29) is 11.8 Å². The SMILES string of the molecule is CC1NC(=O)CCN(Cc2cccs2)C1=O. The van der Waals surface area contributed by atoms with Crippen LogP contribution in [0.25, 0.3) is 0 Å². The number of thiophene rings is 1. The number of nitrogens with zero attached hydrogens (tertiary/aromatic N) is 1. The molecule has 1 aromatic heterocycles. The zero-order chi connectivity index (χ0) is 11.5. The summed E-state index contributed by atoms with van der Waals surface area (Å²) in [5, 5.41) is 4.66. The Kier molecular flexibility index (Phi) is 3.24. The highest BCUT2D eigenvalue weighted by atomic mass is 32.1. The van der Waals surface area contributed by atoms with Gasteiger partial charge in [-0.15, -0.1) is 11.3 Å². The first-order valence-corrected chi connectivity index (χ1v) is 6.15. The van der Waals surface area contributed by atoms with Crippen LogP contribution in [-0.2, 0) is 16.1 Å². The molecule has 0 aromatic carbocycles. The number of carbonyl (C=O) groups is 2. The van der Waals surface area contributed by atoms with Gasteiger partial charge in [-0.3, -0.25) is 9.59 Å². The highest BCUT2D eigenvalue weighted by Crippen LogP contribution is 2.14. The van der Waals surface area contributed by atoms with Crippen LogP contribution in [0.4, 0.5) is 0 Å². The molecule has 1 unspecified atom stereocenters. The van der Waals surface area contributed by atoms with Crippen molar-refractivity contribution in [1.82, 2.24) is 10.2 Å². The van der Waals surface area contributed by atoms with Crippen molar-refractivity contribution in [3.63, 3.8) is 0 Å². The fraction of sp³-hybridized carbons (Fsp3) is 0.455. The van der Waals surface area contributed by atoms with Gasteiger partial charge in [0.25, 0.3) is 0 Å². The van der Waals surface area contributed by atoms with E-state index in [1.165, 1.54) is 0 Å². The van der Waals surface area contributed by atoms with Gasteiger partial charge in [-0.25, -0.2) is 0 Å². The monoisotopic (exact) mass is 238 g/mol. The van der Waals surface area contributed by atoms with Crippen LogP contribution in [0.5, 0.6) is 0 Å². The van der Waals surface area contributed by atoms with Crippen molar-refractivity contribution in [2.45, 2.75) is 25.9 Å². The largest absolute Gasteiger partial charge is 0.345 e. The summed E-state index contributed by atoms with van der Waals surface area (Å²) in [4.78, 5) is 26.1. The van der Waals surface area contributed by atoms with Crippen molar-refractivity contribution in [1.29, 1.82) is 0 Å². The maximum Gasteiger partial charge on any atom is 0.245 e. The Morgan fingerprint density at radius 2 is 2.38 bits per heavy atom. The van der Waals surface area contributed by atoms with Crippen LogP contribution in [0.1, 0.15) is 18.2 Å². The number of amides is 2. The molecule has 0 radical (unpaired) electrons. The van der Waals surface area contributed by atoms with E-state index < -0.39 is 6.04 Å². The summed E-state index contributed by atoms with van der Waals surface area (Å²) in [6, 6.07) is 3.56. The van der Waals surface area contributed by atoms with Crippen LogP contribution in [-0.4, -0.2) is 29.3 Å². The zero-order valence-electron chi connectivity index (χ0n) is 9.10. The van der Waals surface area contributed by atoms with Crippen molar-refractivity contribution in [2.75, 3.05) is 6.54 Å². The minimum atomic E-state index is -0.407. The van der Waals surface area contributed by atoms with Gasteiger partial charge < -0.3 is 10.2 Å². The fourth-order valence-electron chi connectivity index (χ4n) is 1.74. The van der Waals surface area contributed by atoms with Gasteiger partial charge in [0.2, 0.25) is 11.8 Å². The molecule has 2 heterocycles. The van der Waals surface area contributed by atoms with E-state index in [4.69, 9.17) is 0 Å². The third-order valence-corrected chi connectivity index (χ3v) is 3.46. The zero-order valence-corrected chi connectivity index (χ0v) is 9.92. The van der Waals surface area contributed by atoms with Crippen LogP contribution < -0.4 is 5.32 Å². The molecule has 0 bridgehead atoms. The molecule has 1 saturated heterocycles. The van der Waals surface area contributed by atoms with Gasteiger partial charge >= 0.3 is 0 Å². The van der Waals surface area contributed by atoms with Crippen molar-refractivity contribution in [3.05, 3.63) is 22.4 Å². The van der Waals surface area contributed by atoms with Gasteiger partial charge in [-0.1, -0.05) is 6.07 Å². The lowest BCUT2D eigenvalue weighted by molar-refractivity contribution is -0.133. The molecule has 1 fully saturated rings. The highest BCUT2D eigenvalue weighted by molar-refractivity contribution is 7.09. The van der Waals surface area contributed by atoms with Crippen LogP contribution in [0.15, 0.2) is 17.5 Å². The first kappa shape index (κ1) is 11.1. The Morgan fingerprint density at radius 3 is 3.06 bits per heavy atom. The normalized spacial score (nSPS) is 21.8. The summed E-state index contributed by atoms with van der Waals surface area (Å²) >= 11 is 1.63. The Labute approximate surface area is 98.3 Å². The molecule has 2 amide bonds. The van der Waals surface area contributed by atoms with E-state index in [1.54, 1.807) is 23.2 Å². The summed E-state index contributed by atoms with van der Waals surface area (Å²) in [6.45, 7) is 2.84. The van der Waals surface area contributed by atoms with Gasteiger partial charge in [0.1, 0.15) is 6.04 Å². The van der Waals surface area contributed by atoms with Crippen LogP contribution in [0.2, 0.25) is 0 Å². The lowest BCUT2D eigenvalue weighted by Gasteiger charge is -2.21. The van der Waals surface area contributed by atoms with E-state index in [1.807, 2.05) is 17.5 Å². The van der Waals surface area contributed by atoms with E-state index in [0.29, 0.717) is 19.5 Å². The molecular formula is C11H14N2O2S. The number of rotatable bonds is 2. The molecule has 86 valence electrons. The van der Waals surface area contributed by atoms with Gasteiger partial charge in [-0.2, -0.15) is 0 Å². The van der Waals surface area contributed by atoms with Crippen molar-refractivity contribution >= 4 is 23.2 Å². The summed E-state index contributed by atoms with van der Waals surface area (Å²) in [6.07, 6.45) is 0.390. The van der Waals surface area contributed by atoms with Gasteiger partial charge in [0.05, 0.1) is 6.54 Å². The second-order valence-electron chi connectivity index (χ2n) is 3.88. The molecule has 0 aliphatic carbocycles. The molecule has 16 heavy (non-hydrogen) atoms. The van der Waals surface area contributed by atoms with Gasteiger partial charge in [0.15, 0.2) is 0 Å². The summed E-state index contributed by atoms with van der Waals surface area (Å²) < 4.78 is 0. The first-order valence-electron chi connectivity index (χ1n) is 5.27.